The molecule has 2 aromatic rings. The Morgan fingerprint density at radius 2 is 2.23 bits per heavy atom. The number of amides is 1. The van der Waals surface area contributed by atoms with Crippen LogP contribution in [0.15, 0.2) is 12.1 Å². The number of aromatic amines is 2. The Labute approximate surface area is 184 Å². The molecule has 2 aromatic heterocycles. The van der Waals surface area contributed by atoms with Crippen molar-refractivity contribution in [2.75, 3.05) is 20.3 Å². The van der Waals surface area contributed by atoms with Gasteiger partial charge in [-0.2, -0.15) is 5.10 Å². The summed E-state index contributed by atoms with van der Waals surface area (Å²) in [5, 5.41) is 7.96. The van der Waals surface area contributed by atoms with E-state index in [0.717, 1.165) is 56.7 Å². The number of hydrogen-bond donors (Lipinski definition) is 2. The fourth-order valence-electron chi connectivity index (χ4n) is 5.33. The largest absolute Gasteiger partial charge is 0.381 e. The summed E-state index contributed by atoms with van der Waals surface area (Å²) in [4.78, 5) is 18.4. The van der Waals surface area contributed by atoms with E-state index in [0.29, 0.717) is 17.8 Å². The summed E-state index contributed by atoms with van der Waals surface area (Å²) < 4.78 is 5.55. The zero-order valence-corrected chi connectivity index (χ0v) is 19.0. The van der Waals surface area contributed by atoms with E-state index in [1.807, 2.05) is 11.9 Å². The predicted octanol–water partition coefficient (Wildman–Crippen LogP) is 4.13. The summed E-state index contributed by atoms with van der Waals surface area (Å²) >= 11 is 0. The van der Waals surface area contributed by atoms with E-state index in [1.54, 1.807) is 0 Å². The van der Waals surface area contributed by atoms with Gasteiger partial charge in [0.25, 0.3) is 0 Å². The lowest BCUT2D eigenvalue weighted by molar-refractivity contribution is -0.133. The van der Waals surface area contributed by atoms with Crippen molar-refractivity contribution in [2.45, 2.75) is 64.8 Å². The van der Waals surface area contributed by atoms with Crippen molar-refractivity contribution in [3.63, 3.8) is 0 Å². The van der Waals surface area contributed by atoms with Crippen molar-refractivity contribution in [3.8, 4) is 11.4 Å². The fraction of sp³-hybridized carbons (Fsp3) is 0.600. The number of H-pyrrole nitrogens is 2. The molecule has 3 aliphatic rings. The van der Waals surface area contributed by atoms with Gasteiger partial charge in [0.2, 0.25) is 5.91 Å². The Balaban J connectivity index is 1.29. The lowest BCUT2D eigenvalue weighted by Gasteiger charge is -2.30. The van der Waals surface area contributed by atoms with Gasteiger partial charge in [0.15, 0.2) is 0 Å². The molecule has 0 radical (unpaired) electrons. The summed E-state index contributed by atoms with van der Waals surface area (Å²) in [7, 11) is 1.93. The zero-order valence-electron chi connectivity index (χ0n) is 19.0. The third-order valence-electron chi connectivity index (χ3n) is 7.37. The minimum absolute atomic E-state index is 0.0879. The molecule has 1 fully saturated rings. The number of nitrogens with zero attached hydrogens (tertiary/aromatic N) is 2. The van der Waals surface area contributed by atoms with Crippen LogP contribution >= 0.6 is 0 Å². The first-order valence-electron chi connectivity index (χ1n) is 11.7. The highest BCUT2D eigenvalue weighted by Gasteiger charge is 2.30. The van der Waals surface area contributed by atoms with Gasteiger partial charge in [0.05, 0.1) is 11.7 Å². The van der Waals surface area contributed by atoms with Gasteiger partial charge < -0.3 is 14.6 Å². The highest BCUT2D eigenvalue weighted by Crippen LogP contribution is 2.38. The molecule has 5 rings (SSSR count). The van der Waals surface area contributed by atoms with E-state index in [4.69, 9.17) is 4.74 Å². The first kappa shape index (κ1) is 20.6. The van der Waals surface area contributed by atoms with E-state index in [2.05, 4.69) is 47.2 Å². The third-order valence-corrected chi connectivity index (χ3v) is 7.37. The maximum absolute atomic E-state index is 12.8. The van der Waals surface area contributed by atoms with Crippen molar-refractivity contribution in [3.05, 3.63) is 34.7 Å². The predicted molar refractivity (Wildman–Crippen MR) is 122 cm³/mol. The van der Waals surface area contributed by atoms with Crippen molar-refractivity contribution >= 4 is 12.0 Å². The maximum atomic E-state index is 12.8. The van der Waals surface area contributed by atoms with Crippen LogP contribution in [0.5, 0.6) is 0 Å². The van der Waals surface area contributed by atoms with Crippen LogP contribution in [0.1, 0.15) is 62.0 Å². The maximum Gasteiger partial charge on any atom is 0.223 e. The SMILES string of the molecule is CN(C(=O)CC1CCCOC1)C1C=Cc2cc(-c3n[nH]c4c3CCC(C)(C)C4)[nH]c2C1. The number of rotatable bonds is 4. The quantitative estimate of drug-likeness (QED) is 0.778. The third kappa shape index (κ3) is 4.10. The molecule has 0 aromatic carbocycles. The number of carbonyl (C=O) groups excluding carboxylic acids is 1. The second kappa shape index (κ2) is 7.97. The topological polar surface area (TPSA) is 74.0 Å². The molecule has 2 unspecified atom stereocenters. The van der Waals surface area contributed by atoms with Crippen LogP contribution in [0.25, 0.3) is 17.5 Å². The minimum Gasteiger partial charge on any atom is -0.381 e. The Kier molecular flexibility index (Phi) is 5.29. The summed E-state index contributed by atoms with van der Waals surface area (Å²) in [5.41, 5.74) is 7.52. The Bertz CT molecular complexity index is 993. The van der Waals surface area contributed by atoms with E-state index in [-0.39, 0.29) is 11.9 Å². The van der Waals surface area contributed by atoms with Gasteiger partial charge in [-0.25, -0.2) is 0 Å². The lowest BCUT2D eigenvalue weighted by atomic mass is 9.76. The van der Waals surface area contributed by atoms with Crippen LogP contribution in [0.3, 0.4) is 0 Å². The molecule has 166 valence electrons. The molecule has 1 amide bonds. The standard InChI is InChI=1S/C25H34N4O2/c1-25(2)9-8-19-22(14-25)27-28-24(19)21-12-17-6-7-18(13-20(17)26-21)29(3)23(30)11-16-5-4-10-31-15-16/h6-7,12,16,18,26H,4-5,8-11,13-15H2,1-3H3,(H,27,28). The molecule has 0 saturated carbocycles. The lowest BCUT2D eigenvalue weighted by Crippen LogP contribution is -2.39. The number of carbonyl (C=O) groups is 1. The molecular formula is C25H34N4O2. The number of aromatic nitrogens is 3. The molecule has 2 aliphatic carbocycles. The molecule has 6 nitrogen and oxygen atoms in total. The van der Waals surface area contributed by atoms with Crippen molar-refractivity contribution in [1.82, 2.24) is 20.1 Å². The molecule has 0 bridgehead atoms. The van der Waals surface area contributed by atoms with E-state index >= 15 is 0 Å². The van der Waals surface area contributed by atoms with Gasteiger partial charge in [-0.3, -0.25) is 9.89 Å². The van der Waals surface area contributed by atoms with E-state index in [9.17, 15) is 4.79 Å². The number of fused-ring (bicyclic) bond motifs is 2. The minimum atomic E-state index is 0.0879. The molecule has 1 aliphatic heterocycles. The highest BCUT2D eigenvalue weighted by molar-refractivity contribution is 5.77. The molecule has 1 saturated heterocycles. The average molecular weight is 423 g/mol. The first-order valence-corrected chi connectivity index (χ1v) is 11.7. The van der Waals surface area contributed by atoms with Gasteiger partial charge in [-0.15, -0.1) is 0 Å². The molecule has 31 heavy (non-hydrogen) atoms. The number of likely N-dealkylation sites (N-methyl/N-ethyl adjacent to an activating group) is 1. The average Bonchev–Trinajstić information content (AvgIpc) is 3.35. The second-order valence-electron chi connectivity index (χ2n) is 10.4. The molecule has 6 heteroatoms. The van der Waals surface area contributed by atoms with Crippen molar-refractivity contribution in [2.24, 2.45) is 11.3 Å². The monoisotopic (exact) mass is 422 g/mol. The summed E-state index contributed by atoms with van der Waals surface area (Å²) in [6.07, 6.45) is 11.2. The summed E-state index contributed by atoms with van der Waals surface area (Å²) in [5.74, 6) is 0.573. The molecule has 3 heterocycles. The van der Waals surface area contributed by atoms with E-state index in [1.165, 1.54) is 28.9 Å². The first-order chi connectivity index (χ1) is 14.9. The molecule has 0 spiro atoms. The normalized spacial score (nSPS) is 24.5. The van der Waals surface area contributed by atoms with Crippen LogP contribution in [0, 0.1) is 11.3 Å². The molecular weight excluding hydrogens is 388 g/mol. The van der Waals surface area contributed by atoms with Gasteiger partial charge in [-0.1, -0.05) is 26.0 Å². The highest BCUT2D eigenvalue weighted by atomic mass is 16.5. The van der Waals surface area contributed by atoms with Crippen molar-refractivity contribution in [1.29, 1.82) is 0 Å². The number of ether oxygens (including phenoxy) is 1. The van der Waals surface area contributed by atoms with Gasteiger partial charge in [-0.05, 0) is 55.1 Å². The summed E-state index contributed by atoms with van der Waals surface area (Å²) in [6.45, 7) is 6.21. The van der Waals surface area contributed by atoms with Crippen molar-refractivity contribution < 1.29 is 9.53 Å². The van der Waals surface area contributed by atoms with Gasteiger partial charge >= 0.3 is 0 Å². The van der Waals surface area contributed by atoms with Crippen LogP contribution in [-0.4, -0.2) is 52.3 Å². The zero-order chi connectivity index (χ0) is 21.6. The Hall–Kier alpha value is -2.34. The van der Waals surface area contributed by atoms with Crippen LogP contribution < -0.4 is 0 Å². The van der Waals surface area contributed by atoms with E-state index < -0.39 is 0 Å². The van der Waals surface area contributed by atoms with Crippen LogP contribution in [0.2, 0.25) is 0 Å². The smallest absolute Gasteiger partial charge is 0.223 e. The van der Waals surface area contributed by atoms with Gasteiger partial charge in [0.1, 0.15) is 5.69 Å². The van der Waals surface area contributed by atoms with Gasteiger partial charge in [0, 0.05) is 50.1 Å². The summed E-state index contributed by atoms with van der Waals surface area (Å²) in [6, 6.07) is 2.30. The van der Waals surface area contributed by atoms with Crippen LogP contribution in [0.4, 0.5) is 0 Å². The fourth-order valence-corrected chi connectivity index (χ4v) is 5.33. The van der Waals surface area contributed by atoms with Crippen LogP contribution in [-0.2, 0) is 28.8 Å². The Morgan fingerprint density at radius 3 is 3.03 bits per heavy atom. The molecule has 2 N–H and O–H groups in total. The molecule has 2 atom stereocenters. The second-order valence-corrected chi connectivity index (χ2v) is 10.4. The number of hydrogen-bond acceptors (Lipinski definition) is 3. The number of nitrogens with one attached hydrogen (secondary N) is 2. The Morgan fingerprint density at radius 1 is 1.35 bits per heavy atom.